The Morgan fingerprint density at radius 2 is 1.93 bits per heavy atom. The van der Waals surface area contributed by atoms with Crippen LogP contribution in [0.3, 0.4) is 0 Å². The Balaban J connectivity index is 2.36. The number of alkyl halides is 1. The van der Waals surface area contributed by atoms with Gasteiger partial charge in [0.15, 0.2) is 0 Å². The third-order valence-corrected chi connectivity index (χ3v) is 2.62. The van der Waals surface area contributed by atoms with Gasteiger partial charge in [-0.2, -0.15) is 0 Å². The van der Waals surface area contributed by atoms with Crippen molar-refractivity contribution in [2.75, 3.05) is 0 Å². The summed E-state index contributed by atoms with van der Waals surface area (Å²) < 4.78 is 10.4. The summed E-state index contributed by atoms with van der Waals surface area (Å²) >= 11 is 11.8. The number of ether oxygens (including phenoxy) is 2. The highest BCUT2D eigenvalue weighted by molar-refractivity contribution is 6.32. The van der Waals surface area contributed by atoms with Crippen LogP contribution in [0.15, 0.2) is 30.7 Å². The highest BCUT2D eigenvalue weighted by Crippen LogP contribution is 2.31. The van der Waals surface area contributed by atoms with E-state index in [1.54, 1.807) is 6.07 Å². The van der Waals surface area contributed by atoms with Gasteiger partial charge in [0.1, 0.15) is 12.5 Å². The van der Waals surface area contributed by atoms with Crippen molar-refractivity contribution in [1.29, 1.82) is 0 Å². The van der Waals surface area contributed by atoms with Crippen molar-refractivity contribution in [1.82, 2.24) is 0 Å². The second kappa shape index (κ2) is 4.11. The van der Waals surface area contributed by atoms with Crippen LogP contribution in [-0.4, -0.2) is 0 Å². The maximum Gasteiger partial charge on any atom is 0.266 e. The Labute approximate surface area is 92.0 Å². The maximum atomic E-state index is 5.99. The minimum Gasteiger partial charge on any atom is -0.455 e. The predicted molar refractivity (Wildman–Crippen MR) is 55.1 cm³/mol. The van der Waals surface area contributed by atoms with Crippen molar-refractivity contribution in [3.8, 4) is 0 Å². The second-order valence-corrected chi connectivity index (χ2v) is 3.49. The van der Waals surface area contributed by atoms with Crippen LogP contribution in [0.25, 0.3) is 0 Å². The molecule has 0 bridgehead atoms. The van der Waals surface area contributed by atoms with Gasteiger partial charge in [-0.3, -0.25) is 0 Å². The normalized spacial score (nSPS) is 15.3. The molecular weight excluding hydrogens is 223 g/mol. The SMILES string of the molecule is ClCc1c(Cl)cccc1C1OC=CO1. The van der Waals surface area contributed by atoms with Gasteiger partial charge in [-0.05, 0) is 11.6 Å². The van der Waals surface area contributed by atoms with Gasteiger partial charge in [0, 0.05) is 16.5 Å². The average molecular weight is 231 g/mol. The quantitative estimate of drug-likeness (QED) is 0.724. The zero-order valence-electron chi connectivity index (χ0n) is 7.24. The molecule has 2 rings (SSSR count). The summed E-state index contributed by atoms with van der Waals surface area (Å²) in [4.78, 5) is 0. The average Bonchev–Trinajstić information content (AvgIpc) is 2.70. The molecule has 0 atom stereocenters. The fourth-order valence-corrected chi connectivity index (χ4v) is 1.94. The van der Waals surface area contributed by atoms with Crippen molar-refractivity contribution in [3.05, 3.63) is 46.9 Å². The van der Waals surface area contributed by atoms with Gasteiger partial charge in [-0.1, -0.05) is 23.7 Å². The van der Waals surface area contributed by atoms with Crippen LogP contribution >= 0.6 is 23.2 Å². The van der Waals surface area contributed by atoms with Crippen molar-refractivity contribution in [2.45, 2.75) is 12.2 Å². The molecule has 0 unspecified atom stereocenters. The lowest BCUT2D eigenvalue weighted by Gasteiger charge is -2.14. The first-order chi connectivity index (χ1) is 6.83. The molecule has 0 aromatic heterocycles. The Morgan fingerprint density at radius 1 is 1.21 bits per heavy atom. The van der Waals surface area contributed by atoms with Crippen LogP contribution in [0.4, 0.5) is 0 Å². The maximum absolute atomic E-state index is 5.99. The van der Waals surface area contributed by atoms with Gasteiger partial charge >= 0.3 is 0 Å². The summed E-state index contributed by atoms with van der Waals surface area (Å²) in [6, 6.07) is 5.53. The van der Waals surface area contributed by atoms with E-state index >= 15 is 0 Å². The molecule has 1 aromatic rings. The number of hydrogen-bond acceptors (Lipinski definition) is 2. The van der Waals surface area contributed by atoms with Crippen LogP contribution in [-0.2, 0) is 15.4 Å². The largest absolute Gasteiger partial charge is 0.455 e. The van der Waals surface area contributed by atoms with Crippen molar-refractivity contribution >= 4 is 23.2 Å². The van der Waals surface area contributed by atoms with Gasteiger partial charge in [0.05, 0.1) is 0 Å². The van der Waals surface area contributed by atoms with Crippen molar-refractivity contribution in [3.63, 3.8) is 0 Å². The van der Waals surface area contributed by atoms with E-state index in [0.29, 0.717) is 10.9 Å². The molecule has 1 heterocycles. The molecule has 0 saturated heterocycles. The zero-order valence-corrected chi connectivity index (χ0v) is 8.76. The fourth-order valence-electron chi connectivity index (χ4n) is 1.32. The molecular formula is C10H8Cl2O2. The van der Waals surface area contributed by atoms with Crippen LogP contribution in [0.2, 0.25) is 5.02 Å². The monoisotopic (exact) mass is 230 g/mol. The Kier molecular flexibility index (Phi) is 2.85. The van der Waals surface area contributed by atoms with Crippen LogP contribution in [0.1, 0.15) is 17.4 Å². The van der Waals surface area contributed by atoms with E-state index in [9.17, 15) is 0 Å². The van der Waals surface area contributed by atoms with Gasteiger partial charge in [-0.25, -0.2) is 0 Å². The van der Waals surface area contributed by atoms with E-state index in [0.717, 1.165) is 11.1 Å². The molecule has 0 spiro atoms. The van der Waals surface area contributed by atoms with E-state index in [4.69, 9.17) is 32.7 Å². The third-order valence-electron chi connectivity index (χ3n) is 2.00. The lowest BCUT2D eigenvalue weighted by molar-refractivity contribution is -0.0250. The minimum absolute atomic E-state index is 0.345. The molecule has 1 aliphatic rings. The van der Waals surface area contributed by atoms with Crippen LogP contribution < -0.4 is 0 Å². The van der Waals surface area contributed by atoms with E-state index < -0.39 is 6.29 Å². The van der Waals surface area contributed by atoms with Gasteiger partial charge in [0.2, 0.25) is 0 Å². The minimum atomic E-state index is -0.414. The highest BCUT2D eigenvalue weighted by atomic mass is 35.5. The Hall–Kier alpha value is -0.860. The topological polar surface area (TPSA) is 18.5 Å². The van der Waals surface area contributed by atoms with Gasteiger partial charge < -0.3 is 9.47 Å². The molecule has 0 N–H and O–H groups in total. The summed E-state index contributed by atoms with van der Waals surface area (Å²) in [5.41, 5.74) is 1.72. The molecule has 4 heteroatoms. The molecule has 2 nitrogen and oxygen atoms in total. The third kappa shape index (κ3) is 1.68. The van der Waals surface area contributed by atoms with E-state index in [-0.39, 0.29) is 0 Å². The highest BCUT2D eigenvalue weighted by Gasteiger charge is 2.20. The standard InChI is InChI=1S/C10H8Cl2O2/c11-6-8-7(2-1-3-9(8)12)10-13-4-5-14-10/h1-5,10H,6H2. The number of rotatable bonds is 2. The second-order valence-electron chi connectivity index (χ2n) is 2.82. The molecule has 0 aliphatic carbocycles. The summed E-state index contributed by atoms with van der Waals surface area (Å²) in [6.45, 7) is 0. The van der Waals surface area contributed by atoms with Gasteiger partial charge in [-0.15, -0.1) is 11.6 Å². The molecule has 0 radical (unpaired) electrons. The molecule has 1 aliphatic heterocycles. The van der Waals surface area contributed by atoms with E-state index in [1.807, 2.05) is 12.1 Å². The summed E-state index contributed by atoms with van der Waals surface area (Å²) in [7, 11) is 0. The number of halogens is 2. The molecule has 0 saturated carbocycles. The summed E-state index contributed by atoms with van der Waals surface area (Å²) in [5.74, 6) is 0.345. The predicted octanol–water partition coefficient (Wildman–Crippen LogP) is 3.60. The van der Waals surface area contributed by atoms with Crippen molar-refractivity contribution < 1.29 is 9.47 Å². The summed E-state index contributed by atoms with van der Waals surface area (Å²) in [6.07, 6.45) is 2.59. The zero-order chi connectivity index (χ0) is 9.97. The first-order valence-electron chi connectivity index (χ1n) is 4.12. The van der Waals surface area contributed by atoms with Crippen molar-refractivity contribution in [2.24, 2.45) is 0 Å². The van der Waals surface area contributed by atoms with E-state index in [2.05, 4.69) is 0 Å². The van der Waals surface area contributed by atoms with E-state index in [1.165, 1.54) is 12.5 Å². The van der Waals surface area contributed by atoms with Crippen LogP contribution in [0, 0.1) is 0 Å². The first kappa shape index (κ1) is 9.69. The summed E-state index contributed by atoms with van der Waals surface area (Å²) in [5, 5.41) is 0.636. The Morgan fingerprint density at radius 3 is 2.57 bits per heavy atom. The smallest absolute Gasteiger partial charge is 0.266 e. The van der Waals surface area contributed by atoms with Crippen LogP contribution in [0.5, 0.6) is 0 Å². The lowest BCUT2D eigenvalue weighted by Crippen LogP contribution is -2.02. The molecule has 1 aromatic carbocycles. The van der Waals surface area contributed by atoms with Gasteiger partial charge in [0.25, 0.3) is 6.29 Å². The molecule has 0 amide bonds. The number of hydrogen-bond donors (Lipinski definition) is 0. The number of benzene rings is 1. The fraction of sp³-hybridized carbons (Fsp3) is 0.200. The molecule has 14 heavy (non-hydrogen) atoms. The first-order valence-corrected chi connectivity index (χ1v) is 5.03. The molecule has 74 valence electrons. The Bertz CT molecular complexity index is 355. The lowest BCUT2D eigenvalue weighted by atomic mass is 10.1. The molecule has 0 fully saturated rings.